The van der Waals surface area contributed by atoms with Gasteiger partial charge in [0.15, 0.2) is 0 Å². The van der Waals surface area contributed by atoms with Gasteiger partial charge in [-0.15, -0.1) is 0 Å². The first-order valence-corrected chi connectivity index (χ1v) is 11.6. The van der Waals surface area contributed by atoms with Gasteiger partial charge < -0.3 is 9.80 Å². The number of amides is 1. The van der Waals surface area contributed by atoms with Gasteiger partial charge in [-0.3, -0.25) is 4.79 Å². The fourth-order valence-corrected chi connectivity index (χ4v) is 5.02. The largest absolute Gasteiger partial charge is 0.368 e. The third kappa shape index (κ3) is 5.11. The minimum Gasteiger partial charge on any atom is -0.368 e. The van der Waals surface area contributed by atoms with E-state index in [1.54, 1.807) is 24.8 Å². The molecule has 0 aliphatic carbocycles. The predicted molar refractivity (Wildman–Crippen MR) is 116 cm³/mol. The number of halogens is 2. The smallest absolute Gasteiger partial charge is 0.244 e. The van der Waals surface area contributed by atoms with E-state index in [0.717, 1.165) is 11.8 Å². The van der Waals surface area contributed by atoms with Crippen LogP contribution in [0.15, 0.2) is 53.4 Å². The number of sulfonamides is 1. The van der Waals surface area contributed by atoms with Crippen molar-refractivity contribution >= 4 is 33.2 Å². The van der Waals surface area contributed by atoms with Gasteiger partial charge in [0.05, 0.1) is 0 Å². The second-order valence-corrected chi connectivity index (χ2v) is 9.68. The molecule has 2 aromatic rings. The molecule has 1 fully saturated rings. The first kappa shape index (κ1) is 22.5. The Balaban J connectivity index is 1.70. The Bertz CT molecular complexity index is 1010. The van der Waals surface area contributed by atoms with E-state index in [1.165, 1.54) is 18.2 Å². The van der Waals surface area contributed by atoms with Crippen molar-refractivity contribution in [1.29, 1.82) is 0 Å². The molecule has 1 amide bonds. The lowest BCUT2D eigenvalue weighted by Crippen LogP contribution is -2.56. The molecule has 1 N–H and O–H groups in total. The standard InChI is InChI=1S/C21H25ClFN3O3S/c1-15(2)20(24-30(28,29)19-9-4-3-8-18(19)23)21(27)26-12-10-25(11-13-26)17-7-5-6-16(22)14-17/h3-9,14-15,20,24H,10-13H2,1-2H3. The zero-order chi connectivity index (χ0) is 21.9. The number of piperazine rings is 1. The molecule has 1 unspecified atom stereocenters. The molecule has 30 heavy (non-hydrogen) atoms. The van der Waals surface area contributed by atoms with Gasteiger partial charge in [-0.2, -0.15) is 4.72 Å². The summed E-state index contributed by atoms with van der Waals surface area (Å²) in [6, 6.07) is 11.7. The number of hydrogen-bond donors (Lipinski definition) is 1. The maximum absolute atomic E-state index is 14.0. The van der Waals surface area contributed by atoms with Gasteiger partial charge in [-0.1, -0.05) is 43.6 Å². The fraction of sp³-hybridized carbons (Fsp3) is 0.381. The molecular formula is C21H25ClFN3O3S. The molecule has 1 atom stereocenters. The SMILES string of the molecule is CC(C)C(NS(=O)(=O)c1ccccc1F)C(=O)N1CCN(c2cccc(Cl)c2)CC1. The number of nitrogens with one attached hydrogen (secondary N) is 1. The van der Waals surface area contributed by atoms with Crippen molar-refractivity contribution in [2.45, 2.75) is 24.8 Å². The Morgan fingerprint density at radius 2 is 1.73 bits per heavy atom. The zero-order valence-corrected chi connectivity index (χ0v) is 18.5. The summed E-state index contributed by atoms with van der Waals surface area (Å²) in [5.74, 6) is -1.46. The Morgan fingerprint density at radius 1 is 1.07 bits per heavy atom. The van der Waals surface area contributed by atoms with Crippen LogP contribution in [0.5, 0.6) is 0 Å². The van der Waals surface area contributed by atoms with Crippen molar-refractivity contribution in [2.24, 2.45) is 5.92 Å². The van der Waals surface area contributed by atoms with E-state index in [9.17, 15) is 17.6 Å². The summed E-state index contributed by atoms with van der Waals surface area (Å²) in [5.41, 5.74) is 0.982. The third-order valence-electron chi connectivity index (χ3n) is 5.11. The third-order valence-corrected chi connectivity index (χ3v) is 6.82. The minimum atomic E-state index is -4.17. The average molecular weight is 454 g/mol. The quantitative estimate of drug-likeness (QED) is 0.729. The van der Waals surface area contributed by atoms with Crippen molar-refractivity contribution in [2.75, 3.05) is 31.1 Å². The lowest BCUT2D eigenvalue weighted by atomic mass is 10.0. The van der Waals surface area contributed by atoms with Crippen molar-refractivity contribution in [1.82, 2.24) is 9.62 Å². The van der Waals surface area contributed by atoms with E-state index in [1.807, 2.05) is 18.2 Å². The van der Waals surface area contributed by atoms with Crippen LogP contribution in [0.25, 0.3) is 0 Å². The maximum atomic E-state index is 14.0. The van der Waals surface area contributed by atoms with E-state index in [-0.39, 0.29) is 11.8 Å². The van der Waals surface area contributed by atoms with Gasteiger partial charge in [0, 0.05) is 36.9 Å². The molecule has 0 saturated carbocycles. The maximum Gasteiger partial charge on any atom is 0.244 e. The van der Waals surface area contributed by atoms with Crippen LogP contribution in [-0.4, -0.2) is 51.4 Å². The van der Waals surface area contributed by atoms with Gasteiger partial charge >= 0.3 is 0 Å². The first-order valence-electron chi connectivity index (χ1n) is 9.75. The summed E-state index contributed by atoms with van der Waals surface area (Å²) in [7, 11) is -4.17. The molecule has 6 nitrogen and oxygen atoms in total. The first-order chi connectivity index (χ1) is 14.2. The van der Waals surface area contributed by atoms with Crippen LogP contribution in [0.4, 0.5) is 10.1 Å². The number of carbonyl (C=O) groups excluding carboxylic acids is 1. The molecular weight excluding hydrogens is 429 g/mol. The molecule has 1 saturated heterocycles. The summed E-state index contributed by atoms with van der Waals surface area (Å²) < 4.78 is 41.8. The van der Waals surface area contributed by atoms with E-state index in [4.69, 9.17) is 11.6 Å². The number of anilines is 1. The highest BCUT2D eigenvalue weighted by molar-refractivity contribution is 7.89. The lowest BCUT2D eigenvalue weighted by Gasteiger charge is -2.38. The molecule has 9 heteroatoms. The van der Waals surface area contributed by atoms with Crippen LogP contribution in [-0.2, 0) is 14.8 Å². The van der Waals surface area contributed by atoms with Crippen molar-refractivity contribution < 1.29 is 17.6 Å². The molecule has 1 aliphatic heterocycles. The molecule has 0 spiro atoms. The monoisotopic (exact) mass is 453 g/mol. The molecule has 1 heterocycles. The summed E-state index contributed by atoms with van der Waals surface area (Å²) in [4.78, 5) is 16.4. The number of hydrogen-bond acceptors (Lipinski definition) is 4. The number of nitrogens with zero attached hydrogens (tertiary/aromatic N) is 2. The van der Waals surface area contributed by atoms with Gasteiger partial charge in [0.2, 0.25) is 15.9 Å². The molecule has 1 aliphatic rings. The van der Waals surface area contributed by atoms with Crippen LogP contribution in [0.2, 0.25) is 5.02 Å². The van der Waals surface area contributed by atoms with Gasteiger partial charge in [0.25, 0.3) is 0 Å². The lowest BCUT2D eigenvalue weighted by molar-refractivity contribution is -0.134. The minimum absolute atomic E-state index is 0.301. The van der Waals surface area contributed by atoms with Gasteiger partial charge in [-0.25, -0.2) is 12.8 Å². The normalized spacial score (nSPS) is 16.0. The van der Waals surface area contributed by atoms with Gasteiger partial charge in [0.1, 0.15) is 16.8 Å². The Labute approximate surface area is 181 Å². The Kier molecular flexibility index (Phi) is 7.00. The van der Waals surface area contributed by atoms with Crippen LogP contribution < -0.4 is 9.62 Å². The summed E-state index contributed by atoms with van der Waals surface area (Å²) >= 11 is 6.06. The topological polar surface area (TPSA) is 69.7 Å². The molecule has 3 rings (SSSR count). The highest BCUT2D eigenvalue weighted by Gasteiger charge is 2.34. The van der Waals surface area contributed by atoms with Crippen LogP contribution >= 0.6 is 11.6 Å². The average Bonchev–Trinajstić information content (AvgIpc) is 2.72. The van der Waals surface area contributed by atoms with E-state index in [0.29, 0.717) is 31.2 Å². The molecule has 0 aromatic heterocycles. The van der Waals surface area contributed by atoms with E-state index >= 15 is 0 Å². The second-order valence-electron chi connectivity index (χ2n) is 7.57. The molecule has 2 aromatic carbocycles. The molecule has 162 valence electrons. The Hall–Kier alpha value is -2.16. The van der Waals surface area contributed by atoms with Crippen molar-refractivity contribution in [3.8, 4) is 0 Å². The summed E-state index contributed by atoms with van der Waals surface area (Å²) in [6.45, 7) is 5.64. The predicted octanol–water partition coefficient (Wildman–Crippen LogP) is 3.13. The van der Waals surface area contributed by atoms with Crippen molar-refractivity contribution in [3.05, 3.63) is 59.4 Å². The summed E-state index contributed by atoms with van der Waals surface area (Å²) in [6.07, 6.45) is 0. The molecule has 0 bridgehead atoms. The number of carbonyl (C=O) groups is 1. The van der Waals surface area contributed by atoms with Crippen LogP contribution in [0, 0.1) is 11.7 Å². The van der Waals surface area contributed by atoms with E-state index in [2.05, 4.69) is 9.62 Å². The number of benzene rings is 2. The molecule has 0 radical (unpaired) electrons. The van der Waals surface area contributed by atoms with E-state index < -0.39 is 26.8 Å². The highest BCUT2D eigenvalue weighted by atomic mass is 35.5. The number of rotatable bonds is 6. The van der Waals surface area contributed by atoms with Crippen LogP contribution in [0.3, 0.4) is 0 Å². The van der Waals surface area contributed by atoms with Crippen molar-refractivity contribution in [3.63, 3.8) is 0 Å². The Morgan fingerprint density at radius 3 is 2.33 bits per heavy atom. The fourth-order valence-electron chi connectivity index (χ4n) is 3.42. The second kappa shape index (κ2) is 9.32. The highest BCUT2D eigenvalue weighted by Crippen LogP contribution is 2.22. The zero-order valence-electron chi connectivity index (χ0n) is 16.9. The van der Waals surface area contributed by atoms with Crippen LogP contribution in [0.1, 0.15) is 13.8 Å². The summed E-state index contributed by atoms with van der Waals surface area (Å²) in [5, 5.41) is 0.647. The van der Waals surface area contributed by atoms with Gasteiger partial charge in [-0.05, 0) is 36.2 Å².